The highest BCUT2D eigenvalue weighted by atomic mass is 35.5. The van der Waals surface area contributed by atoms with E-state index in [1.165, 1.54) is 11.0 Å². The topological polar surface area (TPSA) is 76.1 Å². The van der Waals surface area contributed by atoms with Crippen molar-refractivity contribution in [2.24, 2.45) is 0 Å². The highest BCUT2D eigenvalue weighted by Crippen LogP contribution is 2.38. The van der Waals surface area contributed by atoms with Crippen LogP contribution in [0.1, 0.15) is 22.7 Å². The van der Waals surface area contributed by atoms with Gasteiger partial charge in [0.1, 0.15) is 0 Å². The van der Waals surface area contributed by atoms with Crippen molar-refractivity contribution in [1.29, 1.82) is 0 Å². The number of nitrogens with zero attached hydrogens (tertiary/aromatic N) is 1. The van der Waals surface area contributed by atoms with Crippen LogP contribution in [0.3, 0.4) is 0 Å². The number of methoxy groups -OCH3 is 2. The quantitative estimate of drug-likeness (QED) is 0.386. The number of carbonyl (C=O) groups is 2. The third-order valence-corrected chi connectivity index (χ3v) is 6.32. The molecule has 0 aliphatic carbocycles. The van der Waals surface area contributed by atoms with E-state index in [-0.39, 0.29) is 12.1 Å². The number of allylic oxidation sites excluding steroid dienone is 1. The van der Waals surface area contributed by atoms with Crippen molar-refractivity contribution in [3.8, 4) is 11.5 Å². The van der Waals surface area contributed by atoms with Gasteiger partial charge in [0.25, 0.3) is 5.91 Å². The molecule has 0 bridgehead atoms. The number of rotatable bonds is 9. The van der Waals surface area contributed by atoms with Crippen LogP contribution in [-0.4, -0.2) is 42.5 Å². The second-order valence-electron chi connectivity index (χ2n) is 8.26. The van der Waals surface area contributed by atoms with Crippen LogP contribution in [0, 0.1) is 0 Å². The number of ether oxygens (including phenoxy) is 2. The summed E-state index contributed by atoms with van der Waals surface area (Å²) < 4.78 is 10.7. The number of amides is 1. The monoisotopic (exact) mass is 503 g/mol. The molecule has 1 atom stereocenters. The van der Waals surface area contributed by atoms with Gasteiger partial charge >= 0.3 is 0 Å². The van der Waals surface area contributed by atoms with Gasteiger partial charge in [0.05, 0.1) is 25.8 Å². The van der Waals surface area contributed by atoms with Crippen LogP contribution in [0.25, 0.3) is 6.08 Å². The largest absolute Gasteiger partial charge is 0.503 e. The molecule has 1 heterocycles. The van der Waals surface area contributed by atoms with E-state index < -0.39 is 23.5 Å². The molecule has 0 fully saturated rings. The Morgan fingerprint density at radius 1 is 1.00 bits per heavy atom. The molecule has 184 valence electrons. The fraction of sp³-hybridized carbons (Fsp3) is 0.172. The van der Waals surface area contributed by atoms with E-state index >= 15 is 0 Å². The number of hydrogen-bond donors (Lipinski definition) is 1. The van der Waals surface area contributed by atoms with Gasteiger partial charge in [-0.3, -0.25) is 9.59 Å². The first-order valence-corrected chi connectivity index (χ1v) is 11.8. The molecule has 0 spiro atoms. The van der Waals surface area contributed by atoms with Crippen LogP contribution in [0.5, 0.6) is 11.5 Å². The van der Waals surface area contributed by atoms with E-state index in [0.717, 1.165) is 11.1 Å². The number of aliphatic hydroxyl groups is 1. The van der Waals surface area contributed by atoms with Crippen LogP contribution < -0.4 is 9.47 Å². The molecule has 0 saturated heterocycles. The van der Waals surface area contributed by atoms with E-state index in [9.17, 15) is 14.7 Å². The predicted molar refractivity (Wildman–Crippen MR) is 139 cm³/mol. The van der Waals surface area contributed by atoms with Gasteiger partial charge in [-0.1, -0.05) is 66.2 Å². The first kappa shape index (κ1) is 25.1. The molecule has 6 nitrogen and oxygen atoms in total. The van der Waals surface area contributed by atoms with Gasteiger partial charge < -0.3 is 19.5 Å². The van der Waals surface area contributed by atoms with Crippen molar-refractivity contribution in [3.63, 3.8) is 0 Å². The maximum atomic E-state index is 13.3. The highest BCUT2D eigenvalue weighted by Gasteiger charge is 2.42. The summed E-state index contributed by atoms with van der Waals surface area (Å²) in [5.41, 5.74) is 2.48. The summed E-state index contributed by atoms with van der Waals surface area (Å²) in [5, 5.41) is 11.3. The molecule has 4 rings (SSSR count). The second kappa shape index (κ2) is 11.1. The van der Waals surface area contributed by atoms with Crippen LogP contribution in [0.15, 0.2) is 90.2 Å². The lowest BCUT2D eigenvalue weighted by Crippen LogP contribution is -2.33. The van der Waals surface area contributed by atoms with Crippen molar-refractivity contribution >= 4 is 29.4 Å². The summed E-state index contributed by atoms with van der Waals surface area (Å²) in [6.07, 6.45) is 3.53. The fourth-order valence-corrected chi connectivity index (χ4v) is 4.37. The average molecular weight is 504 g/mol. The Bertz CT molecular complexity index is 1320. The lowest BCUT2D eigenvalue weighted by Gasteiger charge is -2.27. The minimum absolute atomic E-state index is 0.0433. The van der Waals surface area contributed by atoms with Crippen LogP contribution in [0.4, 0.5) is 0 Å². The lowest BCUT2D eigenvalue weighted by atomic mass is 9.95. The van der Waals surface area contributed by atoms with Gasteiger partial charge in [-0.05, 0) is 53.5 Å². The first-order chi connectivity index (χ1) is 17.4. The second-order valence-corrected chi connectivity index (χ2v) is 8.70. The Hall–Kier alpha value is -4.03. The van der Waals surface area contributed by atoms with E-state index in [0.29, 0.717) is 28.5 Å². The maximum absolute atomic E-state index is 13.3. The van der Waals surface area contributed by atoms with Crippen molar-refractivity contribution < 1.29 is 24.2 Å². The van der Waals surface area contributed by atoms with E-state index in [2.05, 4.69) is 0 Å². The number of hydrogen-bond acceptors (Lipinski definition) is 5. The maximum Gasteiger partial charge on any atom is 0.290 e. The Morgan fingerprint density at radius 2 is 1.69 bits per heavy atom. The molecule has 1 amide bonds. The third-order valence-electron chi connectivity index (χ3n) is 6.07. The van der Waals surface area contributed by atoms with Gasteiger partial charge in [-0.2, -0.15) is 0 Å². The predicted octanol–water partition coefficient (Wildman–Crippen LogP) is 5.58. The molecule has 0 unspecified atom stereocenters. The number of aliphatic hydroxyl groups excluding tert-OH is 1. The third kappa shape index (κ3) is 5.29. The molecule has 0 radical (unpaired) electrons. The molecule has 3 aromatic rings. The standard InChI is InChI=1S/C29H26ClNO5/c1-35-24-15-9-20(18-25(24)36-2)16-17-31-27(21-10-12-22(30)13-11-21)26(28(33)29(31)34)23(32)14-8-19-6-4-3-5-7-19/h3-15,18,27,33H,16-17H2,1-2H3/b14-8+/t27-/m1/s1. The lowest BCUT2D eigenvalue weighted by molar-refractivity contribution is -0.129. The Balaban J connectivity index is 1.64. The summed E-state index contributed by atoms with van der Waals surface area (Å²) in [7, 11) is 3.13. The number of ketones is 1. The number of halogens is 1. The molecule has 1 aliphatic rings. The van der Waals surface area contributed by atoms with Gasteiger partial charge in [0.2, 0.25) is 0 Å². The Labute approximate surface area is 215 Å². The molecule has 1 N–H and O–H groups in total. The highest BCUT2D eigenvalue weighted by molar-refractivity contribution is 6.30. The van der Waals surface area contributed by atoms with Gasteiger partial charge in [0, 0.05) is 11.6 Å². The SMILES string of the molecule is COc1ccc(CCN2C(=O)C(O)=C(C(=O)/C=C/c3ccccc3)[C@H]2c2ccc(Cl)cc2)cc1OC. The van der Waals surface area contributed by atoms with E-state index in [1.54, 1.807) is 50.6 Å². The van der Waals surface area contributed by atoms with Crippen molar-refractivity contribution in [2.45, 2.75) is 12.5 Å². The zero-order chi connectivity index (χ0) is 25.7. The summed E-state index contributed by atoms with van der Waals surface area (Å²) in [6, 6.07) is 21.1. The Kier molecular flexibility index (Phi) is 7.76. The van der Waals surface area contributed by atoms with Crippen LogP contribution in [-0.2, 0) is 16.0 Å². The molecular weight excluding hydrogens is 478 g/mol. The molecule has 7 heteroatoms. The van der Waals surface area contributed by atoms with Crippen molar-refractivity contribution in [3.05, 3.63) is 112 Å². The van der Waals surface area contributed by atoms with E-state index in [1.807, 2.05) is 42.5 Å². The Morgan fingerprint density at radius 3 is 2.36 bits per heavy atom. The first-order valence-electron chi connectivity index (χ1n) is 11.4. The van der Waals surface area contributed by atoms with E-state index in [4.69, 9.17) is 21.1 Å². The summed E-state index contributed by atoms with van der Waals surface area (Å²) in [4.78, 5) is 27.9. The van der Waals surface area contributed by atoms with Gasteiger partial charge in [-0.25, -0.2) is 0 Å². The average Bonchev–Trinajstić information content (AvgIpc) is 3.16. The minimum Gasteiger partial charge on any atom is -0.503 e. The molecule has 0 saturated carbocycles. The van der Waals surface area contributed by atoms with Crippen molar-refractivity contribution in [1.82, 2.24) is 4.90 Å². The molecule has 1 aliphatic heterocycles. The summed E-state index contributed by atoms with van der Waals surface area (Å²) >= 11 is 6.08. The minimum atomic E-state index is -0.747. The molecular formula is C29H26ClNO5. The zero-order valence-electron chi connectivity index (χ0n) is 20.0. The normalized spacial score (nSPS) is 15.6. The zero-order valence-corrected chi connectivity index (χ0v) is 20.7. The molecule has 3 aromatic carbocycles. The number of carbonyl (C=O) groups excluding carboxylic acids is 2. The number of benzene rings is 3. The van der Waals surface area contributed by atoms with Crippen molar-refractivity contribution in [2.75, 3.05) is 20.8 Å². The summed E-state index contributed by atoms with van der Waals surface area (Å²) in [6.45, 7) is 0.269. The van der Waals surface area contributed by atoms with Crippen LogP contribution in [0.2, 0.25) is 5.02 Å². The fourth-order valence-electron chi connectivity index (χ4n) is 4.24. The van der Waals surface area contributed by atoms with Crippen LogP contribution >= 0.6 is 11.6 Å². The smallest absolute Gasteiger partial charge is 0.290 e. The van der Waals surface area contributed by atoms with Gasteiger partial charge in [0.15, 0.2) is 23.0 Å². The summed E-state index contributed by atoms with van der Waals surface area (Å²) in [5.74, 6) is -0.370. The molecule has 36 heavy (non-hydrogen) atoms. The molecule has 0 aromatic heterocycles. The van der Waals surface area contributed by atoms with Gasteiger partial charge in [-0.15, -0.1) is 0 Å².